The molecule has 0 saturated heterocycles. The van der Waals surface area contributed by atoms with E-state index in [0.29, 0.717) is 26.2 Å². The second kappa shape index (κ2) is 8.74. The third-order valence-electron chi connectivity index (χ3n) is 4.06. The van der Waals surface area contributed by atoms with Gasteiger partial charge in [0.25, 0.3) is 0 Å². The lowest BCUT2D eigenvalue weighted by Crippen LogP contribution is -2.30. The molecule has 0 aliphatic rings. The lowest BCUT2D eigenvalue weighted by molar-refractivity contribution is -0.126. The van der Waals surface area contributed by atoms with Crippen LogP contribution >= 0.6 is 11.3 Å². The number of fused-ring (bicyclic) bond motifs is 1. The maximum absolute atomic E-state index is 11.9. The number of aryl methyl sites for hydroxylation is 1. The van der Waals surface area contributed by atoms with Gasteiger partial charge in [0.15, 0.2) is 4.96 Å². The molecule has 3 heterocycles. The standard InChI is InChI=1S/C18H22N6O2S/c1-13(19)23(2)17(25)4-3-14-9-15(5-6-20-14)21-12-26-11-16-10-24-7-8-27-18(24)22-16/h5-10,19H,3-4,11-12H2,1-2H3,(H,20,21). The molecule has 3 aromatic heterocycles. The maximum Gasteiger partial charge on any atom is 0.227 e. The summed E-state index contributed by atoms with van der Waals surface area (Å²) in [7, 11) is 1.61. The monoisotopic (exact) mass is 386 g/mol. The Morgan fingerprint density at radius 2 is 2.30 bits per heavy atom. The van der Waals surface area contributed by atoms with Crippen molar-refractivity contribution in [1.29, 1.82) is 5.41 Å². The molecular formula is C18H22N6O2S. The Morgan fingerprint density at radius 1 is 1.44 bits per heavy atom. The number of carbonyl (C=O) groups is 1. The van der Waals surface area contributed by atoms with E-state index in [1.165, 1.54) is 4.90 Å². The fourth-order valence-corrected chi connectivity index (χ4v) is 3.17. The molecule has 1 amide bonds. The molecule has 3 aromatic rings. The van der Waals surface area contributed by atoms with Crippen molar-refractivity contribution in [1.82, 2.24) is 19.3 Å². The first-order chi connectivity index (χ1) is 13.0. The number of hydrogen-bond acceptors (Lipinski definition) is 7. The summed E-state index contributed by atoms with van der Waals surface area (Å²) in [5.74, 6) is 0.143. The number of nitrogens with zero attached hydrogens (tertiary/aromatic N) is 4. The fourth-order valence-electron chi connectivity index (χ4n) is 2.45. The van der Waals surface area contributed by atoms with Gasteiger partial charge in [-0.3, -0.25) is 19.6 Å². The third kappa shape index (κ3) is 5.11. The summed E-state index contributed by atoms with van der Waals surface area (Å²) >= 11 is 1.59. The van der Waals surface area contributed by atoms with Crippen LogP contribution in [0.2, 0.25) is 0 Å². The largest absolute Gasteiger partial charge is 0.363 e. The van der Waals surface area contributed by atoms with E-state index in [0.717, 1.165) is 22.0 Å². The molecule has 0 bridgehead atoms. The summed E-state index contributed by atoms with van der Waals surface area (Å²) in [5.41, 5.74) is 2.59. The van der Waals surface area contributed by atoms with Gasteiger partial charge < -0.3 is 15.0 Å². The molecular weight excluding hydrogens is 364 g/mol. The van der Waals surface area contributed by atoms with Crippen molar-refractivity contribution < 1.29 is 9.53 Å². The molecule has 9 heteroatoms. The van der Waals surface area contributed by atoms with Crippen LogP contribution in [0.15, 0.2) is 36.1 Å². The minimum Gasteiger partial charge on any atom is -0.363 e. The van der Waals surface area contributed by atoms with Crippen LogP contribution in [0.3, 0.4) is 0 Å². The molecule has 0 fully saturated rings. The van der Waals surface area contributed by atoms with Gasteiger partial charge >= 0.3 is 0 Å². The van der Waals surface area contributed by atoms with Crippen molar-refractivity contribution in [2.75, 3.05) is 19.1 Å². The molecule has 0 saturated carbocycles. The molecule has 142 valence electrons. The number of aromatic nitrogens is 3. The topological polar surface area (TPSA) is 95.6 Å². The van der Waals surface area contributed by atoms with Crippen LogP contribution in [-0.2, 0) is 22.6 Å². The first kappa shape index (κ1) is 19.0. The van der Waals surface area contributed by atoms with Crippen molar-refractivity contribution in [3.05, 3.63) is 47.5 Å². The predicted molar refractivity (Wildman–Crippen MR) is 105 cm³/mol. The van der Waals surface area contributed by atoms with Crippen molar-refractivity contribution in [2.24, 2.45) is 0 Å². The normalized spacial score (nSPS) is 10.9. The quantitative estimate of drug-likeness (QED) is 0.269. The minimum absolute atomic E-state index is 0.0917. The lowest BCUT2D eigenvalue weighted by atomic mass is 10.2. The van der Waals surface area contributed by atoms with E-state index in [2.05, 4.69) is 15.3 Å². The van der Waals surface area contributed by atoms with Crippen molar-refractivity contribution in [2.45, 2.75) is 26.4 Å². The zero-order chi connectivity index (χ0) is 19.2. The number of rotatable bonds is 8. The van der Waals surface area contributed by atoms with Crippen molar-refractivity contribution in [3.63, 3.8) is 0 Å². The number of hydrogen-bond donors (Lipinski definition) is 2. The van der Waals surface area contributed by atoms with Crippen molar-refractivity contribution >= 4 is 33.7 Å². The first-order valence-corrected chi connectivity index (χ1v) is 9.40. The van der Waals surface area contributed by atoms with Crippen LogP contribution in [0.4, 0.5) is 5.69 Å². The molecule has 0 atom stereocenters. The van der Waals surface area contributed by atoms with E-state index in [9.17, 15) is 4.79 Å². The summed E-state index contributed by atoms with van der Waals surface area (Å²) < 4.78 is 7.61. The molecule has 0 aliphatic carbocycles. The smallest absolute Gasteiger partial charge is 0.227 e. The highest BCUT2D eigenvalue weighted by Gasteiger charge is 2.10. The fraction of sp³-hybridized carbons (Fsp3) is 0.333. The van der Waals surface area contributed by atoms with Gasteiger partial charge in [-0.2, -0.15) is 0 Å². The Balaban J connectivity index is 1.43. The van der Waals surface area contributed by atoms with Gasteiger partial charge in [0.05, 0.1) is 18.1 Å². The number of pyridine rings is 1. The summed E-state index contributed by atoms with van der Waals surface area (Å²) in [6.45, 7) is 2.37. The van der Waals surface area contributed by atoms with E-state index in [4.69, 9.17) is 10.1 Å². The Kier molecular flexibility index (Phi) is 6.15. The molecule has 0 unspecified atom stereocenters. The molecule has 27 heavy (non-hydrogen) atoms. The average Bonchev–Trinajstić information content (AvgIpc) is 3.24. The van der Waals surface area contributed by atoms with Crippen LogP contribution < -0.4 is 5.32 Å². The lowest BCUT2D eigenvalue weighted by Gasteiger charge is -2.15. The van der Waals surface area contributed by atoms with Gasteiger partial charge in [-0.05, 0) is 25.5 Å². The zero-order valence-electron chi connectivity index (χ0n) is 15.3. The van der Waals surface area contributed by atoms with E-state index in [1.54, 1.807) is 31.5 Å². The first-order valence-electron chi connectivity index (χ1n) is 8.52. The predicted octanol–water partition coefficient (Wildman–Crippen LogP) is 2.77. The Hall–Kier alpha value is -2.78. The summed E-state index contributed by atoms with van der Waals surface area (Å²) in [5, 5.41) is 12.7. The van der Waals surface area contributed by atoms with Gasteiger partial charge in [-0.15, -0.1) is 11.3 Å². The van der Waals surface area contributed by atoms with Gasteiger partial charge in [0.1, 0.15) is 6.73 Å². The molecule has 3 rings (SSSR count). The highest BCUT2D eigenvalue weighted by molar-refractivity contribution is 7.15. The maximum atomic E-state index is 11.9. The number of amides is 1. The van der Waals surface area contributed by atoms with Crippen LogP contribution in [0.25, 0.3) is 4.96 Å². The molecule has 0 aromatic carbocycles. The van der Waals surface area contributed by atoms with E-state index in [1.807, 2.05) is 34.3 Å². The number of amidine groups is 1. The third-order valence-corrected chi connectivity index (χ3v) is 4.83. The van der Waals surface area contributed by atoms with Gasteiger partial charge in [0.2, 0.25) is 5.91 Å². The Morgan fingerprint density at radius 3 is 3.07 bits per heavy atom. The number of thiazole rings is 1. The average molecular weight is 386 g/mol. The van der Waals surface area contributed by atoms with Gasteiger partial charge in [-0.1, -0.05) is 0 Å². The number of anilines is 1. The van der Waals surface area contributed by atoms with Crippen LogP contribution in [0.5, 0.6) is 0 Å². The summed E-state index contributed by atoms with van der Waals surface area (Å²) in [4.78, 5) is 23.0. The Bertz CT molecular complexity index is 906. The molecule has 2 N–H and O–H groups in total. The number of imidazole rings is 1. The SMILES string of the molecule is CC(=N)N(C)C(=O)CCc1cc(NCOCc2cn3ccsc3n2)ccn1. The second-order valence-electron chi connectivity index (χ2n) is 6.07. The second-order valence-corrected chi connectivity index (χ2v) is 6.94. The Labute approximate surface area is 161 Å². The highest BCUT2D eigenvalue weighted by Crippen LogP contribution is 2.13. The molecule has 0 aliphatic heterocycles. The van der Waals surface area contributed by atoms with Crippen LogP contribution in [0, 0.1) is 5.41 Å². The van der Waals surface area contributed by atoms with Gasteiger partial charge in [0, 0.05) is 48.8 Å². The van der Waals surface area contributed by atoms with E-state index in [-0.39, 0.29) is 11.7 Å². The number of nitrogens with one attached hydrogen (secondary N) is 2. The molecule has 0 spiro atoms. The van der Waals surface area contributed by atoms with E-state index < -0.39 is 0 Å². The minimum atomic E-state index is -0.0917. The highest BCUT2D eigenvalue weighted by atomic mass is 32.1. The number of ether oxygens (including phenoxy) is 1. The summed E-state index contributed by atoms with van der Waals surface area (Å²) in [6.07, 6.45) is 6.48. The van der Waals surface area contributed by atoms with Crippen molar-refractivity contribution in [3.8, 4) is 0 Å². The zero-order valence-corrected chi connectivity index (χ0v) is 16.1. The van der Waals surface area contributed by atoms with Crippen LogP contribution in [-0.4, -0.2) is 44.8 Å². The molecule has 0 radical (unpaired) electrons. The molecule has 8 nitrogen and oxygen atoms in total. The van der Waals surface area contributed by atoms with Crippen LogP contribution in [0.1, 0.15) is 24.7 Å². The number of carbonyl (C=O) groups excluding carboxylic acids is 1. The summed E-state index contributed by atoms with van der Waals surface area (Å²) in [6, 6.07) is 3.76. The van der Waals surface area contributed by atoms with Gasteiger partial charge in [-0.25, -0.2) is 4.98 Å². The van der Waals surface area contributed by atoms with E-state index >= 15 is 0 Å².